The maximum atomic E-state index is 10.6. The lowest BCUT2D eigenvalue weighted by Crippen LogP contribution is -2.22. The summed E-state index contributed by atoms with van der Waals surface area (Å²) in [7, 11) is 0. The van der Waals surface area contributed by atoms with Crippen molar-refractivity contribution in [2.75, 3.05) is 0 Å². The van der Waals surface area contributed by atoms with Crippen LogP contribution in [0.2, 0.25) is 0 Å². The molecule has 0 N–H and O–H groups in total. The molecule has 1 rings (SSSR count). The van der Waals surface area contributed by atoms with Gasteiger partial charge < -0.3 is 4.79 Å². The van der Waals surface area contributed by atoms with E-state index in [1.165, 1.54) is 0 Å². The first-order valence-electron chi connectivity index (χ1n) is 3.82. The van der Waals surface area contributed by atoms with Gasteiger partial charge in [-0.15, -0.1) is 0 Å². The van der Waals surface area contributed by atoms with Gasteiger partial charge in [-0.05, 0) is 26.3 Å². The number of rotatable bonds is 2. The highest BCUT2D eigenvalue weighted by Crippen LogP contribution is 2.14. The lowest BCUT2D eigenvalue weighted by molar-refractivity contribution is -0.111. The van der Waals surface area contributed by atoms with Gasteiger partial charge in [-0.25, -0.2) is 9.97 Å². The largest absolute Gasteiger partial charge is 0.302 e. The van der Waals surface area contributed by atoms with Gasteiger partial charge in [0.25, 0.3) is 0 Å². The van der Waals surface area contributed by atoms with E-state index in [1.54, 1.807) is 26.2 Å². The molecule has 1 aromatic heterocycles. The van der Waals surface area contributed by atoms with Crippen molar-refractivity contribution < 1.29 is 4.79 Å². The number of aromatic nitrogens is 2. The molecule has 0 bridgehead atoms. The van der Waals surface area contributed by atoms with Crippen molar-refractivity contribution in [1.29, 1.82) is 0 Å². The van der Waals surface area contributed by atoms with Crippen LogP contribution in [0.3, 0.4) is 0 Å². The molecule has 0 saturated carbocycles. The van der Waals surface area contributed by atoms with E-state index >= 15 is 0 Å². The number of carbonyl (C=O) groups excluding carboxylic acids is 1. The molecular weight excluding hydrogens is 152 g/mol. The van der Waals surface area contributed by atoms with Crippen LogP contribution < -0.4 is 0 Å². The summed E-state index contributed by atoms with van der Waals surface area (Å²) in [6.45, 7) is 5.51. The van der Waals surface area contributed by atoms with Gasteiger partial charge >= 0.3 is 0 Å². The van der Waals surface area contributed by atoms with Crippen LogP contribution in [0.4, 0.5) is 0 Å². The molecule has 0 aliphatic heterocycles. The zero-order valence-electron chi connectivity index (χ0n) is 7.53. The summed E-state index contributed by atoms with van der Waals surface area (Å²) in [6.07, 6.45) is 4.29. The fourth-order valence-corrected chi connectivity index (χ4v) is 0.778. The molecule has 0 aromatic carbocycles. The minimum Gasteiger partial charge on any atom is -0.302 e. The van der Waals surface area contributed by atoms with Crippen LogP contribution in [-0.2, 0) is 10.2 Å². The molecule has 0 radical (unpaired) electrons. The Morgan fingerprint density at radius 2 is 1.83 bits per heavy atom. The summed E-state index contributed by atoms with van der Waals surface area (Å²) < 4.78 is 0. The predicted octanol–water partition coefficient (Wildman–Crippen LogP) is 1.26. The number of aryl methyl sites for hydroxylation is 1. The number of aldehydes is 1. The van der Waals surface area contributed by atoms with Gasteiger partial charge in [0.15, 0.2) is 0 Å². The second-order valence-corrected chi connectivity index (χ2v) is 3.42. The van der Waals surface area contributed by atoms with E-state index in [0.29, 0.717) is 5.82 Å². The van der Waals surface area contributed by atoms with Crippen molar-refractivity contribution in [3.63, 3.8) is 0 Å². The van der Waals surface area contributed by atoms with Gasteiger partial charge in [0.1, 0.15) is 12.1 Å². The van der Waals surface area contributed by atoms with E-state index in [-0.39, 0.29) is 0 Å². The monoisotopic (exact) mass is 164 g/mol. The van der Waals surface area contributed by atoms with Gasteiger partial charge in [-0.1, -0.05) is 0 Å². The van der Waals surface area contributed by atoms with Crippen LogP contribution in [0.25, 0.3) is 0 Å². The molecule has 64 valence electrons. The van der Waals surface area contributed by atoms with Gasteiger partial charge in [0.05, 0.1) is 5.41 Å². The molecule has 3 heteroatoms. The first-order valence-corrected chi connectivity index (χ1v) is 3.82. The molecule has 12 heavy (non-hydrogen) atoms. The molecular formula is C9H12N2O. The number of carbonyl (C=O) groups is 1. The maximum absolute atomic E-state index is 10.6. The van der Waals surface area contributed by atoms with E-state index in [4.69, 9.17) is 0 Å². The fourth-order valence-electron chi connectivity index (χ4n) is 0.778. The Balaban J connectivity index is 3.04. The highest BCUT2D eigenvalue weighted by atomic mass is 16.1. The highest BCUT2D eigenvalue weighted by Gasteiger charge is 2.22. The Bertz CT molecular complexity index is 277. The molecule has 0 unspecified atom stereocenters. The van der Waals surface area contributed by atoms with Crippen LogP contribution in [-0.4, -0.2) is 16.3 Å². The summed E-state index contributed by atoms with van der Waals surface area (Å²) >= 11 is 0. The van der Waals surface area contributed by atoms with E-state index in [1.807, 2.05) is 6.92 Å². The summed E-state index contributed by atoms with van der Waals surface area (Å²) in [5, 5.41) is 0. The fraction of sp³-hybridized carbons (Fsp3) is 0.444. The topological polar surface area (TPSA) is 42.9 Å². The number of nitrogens with zero attached hydrogens (tertiary/aromatic N) is 2. The Morgan fingerprint density at radius 3 is 2.25 bits per heavy atom. The Hall–Kier alpha value is -1.25. The molecule has 0 saturated heterocycles. The molecule has 0 amide bonds. The lowest BCUT2D eigenvalue weighted by atomic mass is 9.95. The summed E-state index contributed by atoms with van der Waals surface area (Å²) in [5.41, 5.74) is 0.425. The van der Waals surface area contributed by atoms with Gasteiger partial charge in [-0.3, -0.25) is 0 Å². The van der Waals surface area contributed by atoms with Gasteiger partial charge in [-0.2, -0.15) is 0 Å². The average Bonchev–Trinajstić information content (AvgIpc) is 2.05. The van der Waals surface area contributed by atoms with Crippen LogP contribution >= 0.6 is 0 Å². The van der Waals surface area contributed by atoms with E-state index in [9.17, 15) is 4.79 Å². The van der Waals surface area contributed by atoms with Gasteiger partial charge in [0.2, 0.25) is 0 Å². The van der Waals surface area contributed by atoms with Crippen molar-refractivity contribution >= 4 is 6.29 Å². The molecule has 0 spiro atoms. The molecule has 3 nitrogen and oxygen atoms in total. The number of hydrogen-bond donors (Lipinski definition) is 0. The second kappa shape index (κ2) is 3.01. The SMILES string of the molecule is Cc1cnc(C(C)(C)C=O)nc1. The van der Waals surface area contributed by atoms with Crippen molar-refractivity contribution in [2.24, 2.45) is 0 Å². The molecule has 0 aliphatic carbocycles. The third-order valence-corrected chi connectivity index (χ3v) is 1.65. The minimum absolute atomic E-state index is 0.572. The minimum atomic E-state index is -0.576. The van der Waals surface area contributed by atoms with Crippen LogP contribution in [0.1, 0.15) is 25.2 Å². The van der Waals surface area contributed by atoms with Crippen LogP contribution in [0.15, 0.2) is 12.4 Å². The third kappa shape index (κ3) is 1.67. The summed E-state index contributed by atoms with van der Waals surface area (Å²) in [6, 6.07) is 0. The van der Waals surface area contributed by atoms with Crippen LogP contribution in [0.5, 0.6) is 0 Å². The van der Waals surface area contributed by atoms with Gasteiger partial charge in [0, 0.05) is 12.4 Å². The molecule has 0 aliphatic rings. The van der Waals surface area contributed by atoms with Crippen molar-refractivity contribution in [3.8, 4) is 0 Å². The average molecular weight is 164 g/mol. The molecule has 0 atom stereocenters. The Kier molecular flexibility index (Phi) is 2.22. The first-order chi connectivity index (χ1) is 5.56. The predicted molar refractivity (Wildman–Crippen MR) is 45.9 cm³/mol. The summed E-state index contributed by atoms with van der Waals surface area (Å²) in [4.78, 5) is 18.8. The normalized spacial score (nSPS) is 11.2. The van der Waals surface area contributed by atoms with Crippen molar-refractivity contribution in [1.82, 2.24) is 9.97 Å². The van der Waals surface area contributed by atoms with Crippen LogP contribution in [0, 0.1) is 6.92 Å². The van der Waals surface area contributed by atoms with E-state index < -0.39 is 5.41 Å². The second-order valence-electron chi connectivity index (χ2n) is 3.42. The Morgan fingerprint density at radius 1 is 1.33 bits per heavy atom. The van der Waals surface area contributed by atoms with E-state index in [0.717, 1.165) is 11.8 Å². The third-order valence-electron chi connectivity index (χ3n) is 1.65. The zero-order chi connectivity index (χ0) is 9.19. The van der Waals surface area contributed by atoms with Crippen molar-refractivity contribution in [2.45, 2.75) is 26.2 Å². The summed E-state index contributed by atoms with van der Waals surface area (Å²) in [5.74, 6) is 0.572. The van der Waals surface area contributed by atoms with E-state index in [2.05, 4.69) is 9.97 Å². The van der Waals surface area contributed by atoms with Crippen molar-refractivity contribution in [3.05, 3.63) is 23.8 Å². The standard InChI is InChI=1S/C9H12N2O/c1-7-4-10-8(11-5-7)9(2,3)6-12/h4-6H,1-3H3. The maximum Gasteiger partial charge on any atom is 0.140 e. The quantitative estimate of drug-likeness (QED) is 0.618. The zero-order valence-corrected chi connectivity index (χ0v) is 7.53. The Labute approximate surface area is 71.9 Å². The smallest absolute Gasteiger partial charge is 0.140 e. The first kappa shape index (κ1) is 8.84. The molecule has 0 fully saturated rings. The molecule has 1 aromatic rings. The number of hydrogen-bond acceptors (Lipinski definition) is 3. The molecule has 1 heterocycles. The lowest BCUT2D eigenvalue weighted by Gasteiger charge is -2.13. The highest BCUT2D eigenvalue weighted by molar-refractivity contribution is 5.64.